The maximum atomic E-state index is 11.3. The molecule has 19 heavy (non-hydrogen) atoms. The molecular weight excluding hydrogens is 244 g/mol. The molecule has 100 valence electrons. The molecule has 0 aliphatic heterocycles. The minimum absolute atomic E-state index is 0.112. The summed E-state index contributed by atoms with van der Waals surface area (Å²) in [6.07, 6.45) is 0. The van der Waals surface area contributed by atoms with Gasteiger partial charge in [0.05, 0.1) is 6.61 Å². The number of hydrogen-bond donors (Lipinski definition) is 2. The highest BCUT2D eigenvalue weighted by atomic mass is 16.5. The quantitative estimate of drug-likeness (QED) is 0.853. The number of aromatic nitrogens is 3. The molecule has 1 heterocycles. The third-order valence-electron chi connectivity index (χ3n) is 2.50. The van der Waals surface area contributed by atoms with E-state index in [-0.39, 0.29) is 5.69 Å². The molecular formula is C13H16N4O2. The molecule has 0 bridgehead atoms. The normalized spacial score (nSPS) is 10.7. The predicted molar refractivity (Wildman–Crippen MR) is 70.7 cm³/mol. The molecule has 0 aliphatic rings. The van der Waals surface area contributed by atoms with Gasteiger partial charge >= 0.3 is 0 Å². The van der Waals surface area contributed by atoms with Gasteiger partial charge in [-0.05, 0) is 18.1 Å². The molecule has 3 N–H and O–H groups in total. The second kappa shape index (κ2) is 5.51. The first kappa shape index (κ1) is 13.1. The molecule has 1 amide bonds. The van der Waals surface area contributed by atoms with Crippen LogP contribution in [0.5, 0.6) is 5.75 Å². The number of benzene rings is 1. The van der Waals surface area contributed by atoms with Gasteiger partial charge < -0.3 is 10.5 Å². The van der Waals surface area contributed by atoms with Gasteiger partial charge in [0.1, 0.15) is 11.4 Å². The number of carbonyl (C=O) groups is 1. The molecule has 1 aromatic heterocycles. The number of carbonyl (C=O) groups excluding carboxylic acids is 1. The van der Waals surface area contributed by atoms with E-state index in [0.717, 1.165) is 0 Å². The Morgan fingerprint density at radius 1 is 1.37 bits per heavy atom. The molecule has 0 atom stereocenters. The standard InChI is InChI=1S/C13H16N4O2/c1-8(2)7-19-10-6-4-3-5-9(10)11-12(13(14)18)16-17-15-11/h3-6,8H,7H2,1-2H3,(H2,14,18)(H,15,16,17). The van der Waals surface area contributed by atoms with Gasteiger partial charge in [0, 0.05) is 5.56 Å². The van der Waals surface area contributed by atoms with E-state index in [0.29, 0.717) is 29.5 Å². The second-order valence-corrected chi connectivity index (χ2v) is 4.59. The monoisotopic (exact) mass is 260 g/mol. The summed E-state index contributed by atoms with van der Waals surface area (Å²) in [6, 6.07) is 7.36. The summed E-state index contributed by atoms with van der Waals surface area (Å²) in [5.74, 6) is 0.441. The van der Waals surface area contributed by atoms with E-state index in [4.69, 9.17) is 10.5 Å². The summed E-state index contributed by atoms with van der Waals surface area (Å²) in [4.78, 5) is 11.3. The topological polar surface area (TPSA) is 93.9 Å². The van der Waals surface area contributed by atoms with Gasteiger partial charge in [0.2, 0.25) is 0 Å². The Morgan fingerprint density at radius 2 is 2.11 bits per heavy atom. The first-order valence-electron chi connectivity index (χ1n) is 6.02. The lowest BCUT2D eigenvalue weighted by molar-refractivity contribution is 0.0996. The van der Waals surface area contributed by atoms with E-state index in [1.165, 1.54) is 0 Å². The zero-order valence-electron chi connectivity index (χ0n) is 10.9. The lowest BCUT2D eigenvalue weighted by Gasteiger charge is -2.11. The third kappa shape index (κ3) is 2.90. The fourth-order valence-electron chi connectivity index (χ4n) is 1.64. The van der Waals surface area contributed by atoms with Crippen LogP contribution in [0.25, 0.3) is 11.3 Å². The first-order chi connectivity index (χ1) is 9.09. The molecule has 2 aromatic rings. The lowest BCUT2D eigenvalue weighted by atomic mass is 10.1. The zero-order chi connectivity index (χ0) is 13.8. The van der Waals surface area contributed by atoms with Gasteiger partial charge in [-0.15, -0.1) is 0 Å². The summed E-state index contributed by atoms with van der Waals surface area (Å²) in [5.41, 5.74) is 6.49. The number of nitrogens with one attached hydrogen (secondary N) is 1. The van der Waals surface area contributed by atoms with Crippen molar-refractivity contribution in [2.45, 2.75) is 13.8 Å². The van der Waals surface area contributed by atoms with Crippen molar-refractivity contribution in [3.05, 3.63) is 30.0 Å². The predicted octanol–water partition coefficient (Wildman–Crippen LogP) is 1.61. The number of primary amides is 1. The van der Waals surface area contributed by atoms with Crippen LogP contribution in [0, 0.1) is 5.92 Å². The number of H-pyrrole nitrogens is 1. The summed E-state index contributed by atoms with van der Waals surface area (Å²) in [5, 5.41) is 10.2. The van der Waals surface area contributed by atoms with Crippen molar-refractivity contribution in [3.8, 4) is 17.0 Å². The molecule has 6 heteroatoms. The molecule has 0 spiro atoms. The second-order valence-electron chi connectivity index (χ2n) is 4.59. The largest absolute Gasteiger partial charge is 0.493 e. The Kier molecular flexibility index (Phi) is 3.79. The van der Waals surface area contributed by atoms with E-state index in [1.54, 1.807) is 0 Å². The maximum absolute atomic E-state index is 11.3. The van der Waals surface area contributed by atoms with Crippen molar-refractivity contribution in [1.29, 1.82) is 0 Å². The van der Waals surface area contributed by atoms with Crippen LogP contribution in [0.4, 0.5) is 0 Å². The number of ether oxygens (including phenoxy) is 1. The number of amides is 1. The van der Waals surface area contributed by atoms with Crippen LogP contribution in [0.2, 0.25) is 0 Å². The van der Waals surface area contributed by atoms with Gasteiger partial charge in [-0.1, -0.05) is 26.0 Å². The smallest absolute Gasteiger partial charge is 0.271 e. The van der Waals surface area contributed by atoms with Crippen molar-refractivity contribution >= 4 is 5.91 Å². The highest BCUT2D eigenvalue weighted by Gasteiger charge is 2.18. The molecule has 2 rings (SSSR count). The summed E-state index contributed by atoms with van der Waals surface area (Å²) >= 11 is 0. The fraction of sp³-hybridized carbons (Fsp3) is 0.308. The van der Waals surface area contributed by atoms with Gasteiger partial charge in [-0.25, -0.2) is 0 Å². The number of para-hydroxylation sites is 1. The molecule has 1 aromatic carbocycles. The number of rotatable bonds is 5. The van der Waals surface area contributed by atoms with Crippen LogP contribution >= 0.6 is 0 Å². The number of aromatic amines is 1. The van der Waals surface area contributed by atoms with E-state index < -0.39 is 5.91 Å². The summed E-state index contributed by atoms with van der Waals surface area (Å²) in [7, 11) is 0. The fourth-order valence-corrected chi connectivity index (χ4v) is 1.64. The molecule has 0 radical (unpaired) electrons. The van der Waals surface area contributed by atoms with Crippen LogP contribution in [0.15, 0.2) is 24.3 Å². The average Bonchev–Trinajstić information content (AvgIpc) is 2.85. The molecule has 0 fully saturated rings. The Hall–Kier alpha value is -2.37. The van der Waals surface area contributed by atoms with Crippen LogP contribution in [-0.4, -0.2) is 27.9 Å². The van der Waals surface area contributed by atoms with Crippen molar-refractivity contribution in [3.63, 3.8) is 0 Å². The van der Waals surface area contributed by atoms with E-state index in [9.17, 15) is 4.79 Å². The van der Waals surface area contributed by atoms with Gasteiger partial charge in [-0.2, -0.15) is 15.4 Å². The Labute approximate surface area is 111 Å². The molecule has 0 saturated heterocycles. The Morgan fingerprint density at radius 3 is 2.79 bits per heavy atom. The van der Waals surface area contributed by atoms with Crippen molar-refractivity contribution in [2.75, 3.05) is 6.61 Å². The summed E-state index contributed by atoms with van der Waals surface area (Å²) in [6.45, 7) is 4.71. The van der Waals surface area contributed by atoms with E-state index in [1.807, 2.05) is 24.3 Å². The van der Waals surface area contributed by atoms with E-state index >= 15 is 0 Å². The molecule has 0 aliphatic carbocycles. The van der Waals surface area contributed by atoms with Gasteiger partial charge in [0.25, 0.3) is 5.91 Å². The molecule has 0 unspecified atom stereocenters. The number of nitrogens with two attached hydrogens (primary N) is 1. The first-order valence-corrected chi connectivity index (χ1v) is 6.02. The van der Waals surface area contributed by atoms with Gasteiger partial charge in [0.15, 0.2) is 5.69 Å². The SMILES string of the molecule is CC(C)COc1ccccc1-c1n[nH]nc1C(N)=O. The van der Waals surface area contributed by atoms with Crippen LogP contribution in [-0.2, 0) is 0 Å². The Balaban J connectivity index is 2.38. The lowest BCUT2D eigenvalue weighted by Crippen LogP contribution is -2.13. The van der Waals surface area contributed by atoms with Crippen molar-refractivity contribution < 1.29 is 9.53 Å². The third-order valence-corrected chi connectivity index (χ3v) is 2.50. The molecule has 6 nitrogen and oxygen atoms in total. The van der Waals surface area contributed by atoms with E-state index in [2.05, 4.69) is 29.3 Å². The summed E-state index contributed by atoms with van der Waals surface area (Å²) < 4.78 is 5.72. The number of hydrogen-bond acceptors (Lipinski definition) is 4. The minimum Gasteiger partial charge on any atom is -0.493 e. The highest BCUT2D eigenvalue weighted by molar-refractivity contribution is 5.97. The minimum atomic E-state index is -0.623. The number of nitrogens with zero attached hydrogens (tertiary/aromatic N) is 2. The molecule has 0 saturated carbocycles. The Bertz CT molecular complexity index is 578. The van der Waals surface area contributed by atoms with Gasteiger partial charge in [-0.3, -0.25) is 4.79 Å². The van der Waals surface area contributed by atoms with Crippen LogP contribution < -0.4 is 10.5 Å². The zero-order valence-corrected chi connectivity index (χ0v) is 10.9. The maximum Gasteiger partial charge on any atom is 0.271 e. The average molecular weight is 260 g/mol. The highest BCUT2D eigenvalue weighted by Crippen LogP contribution is 2.30. The van der Waals surface area contributed by atoms with Crippen LogP contribution in [0.1, 0.15) is 24.3 Å². The van der Waals surface area contributed by atoms with Crippen molar-refractivity contribution in [2.24, 2.45) is 11.7 Å². The van der Waals surface area contributed by atoms with Crippen LogP contribution in [0.3, 0.4) is 0 Å². The van der Waals surface area contributed by atoms with Crippen molar-refractivity contribution in [1.82, 2.24) is 15.4 Å².